The lowest BCUT2D eigenvalue weighted by Crippen LogP contribution is -2.31. The molecule has 0 aliphatic rings. The van der Waals surface area contributed by atoms with Gasteiger partial charge in [0.05, 0.1) is 25.0 Å². The summed E-state index contributed by atoms with van der Waals surface area (Å²) in [6.45, 7) is 10.8. The van der Waals surface area contributed by atoms with Crippen molar-refractivity contribution in [3.05, 3.63) is 93.5 Å². The molecule has 0 saturated heterocycles. The molecule has 0 unspecified atom stereocenters. The Morgan fingerprint density at radius 3 is 2.03 bits per heavy atom. The normalized spacial score (nSPS) is 11.3. The molecule has 0 aliphatic carbocycles. The molecule has 3 aromatic carbocycles. The molecule has 0 bridgehead atoms. The molecule has 0 spiro atoms. The minimum Gasteiger partial charge on any atom is -0.491 e. The minimum absolute atomic E-state index is 0.190. The van der Waals surface area contributed by atoms with Gasteiger partial charge in [0.2, 0.25) is 10.0 Å². The number of aryl methyl sites for hydroxylation is 5. The first-order valence-electron chi connectivity index (χ1n) is 11.6. The molecular formula is C28H34N2O4S. The molecule has 0 aromatic heterocycles. The zero-order chi connectivity index (χ0) is 25.8. The third-order valence-electron chi connectivity index (χ3n) is 5.80. The molecule has 3 rings (SSSR count). The zero-order valence-electron chi connectivity index (χ0n) is 21.3. The molecule has 1 amide bonds. The number of nitrogens with one attached hydrogen (secondary N) is 1. The molecule has 0 radical (unpaired) electrons. The predicted molar refractivity (Wildman–Crippen MR) is 142 cm³/mol. The largest absolute Gasteiger partial charge is 0.491 e. The monoisotopic (exact) mass is 494 g/mol. The summed E-state index contributed by atoms with van der Waals surface area (Å²) in [6, 6.07) is 17.0. The third kappa shape index (κ3) is 6.85. The Morgan fingerprint density at radius 1 is 0.857 bits per heavy atom. The highest BCUT2D eigenvalue weighted by Gasteiger charge is 2.22. The van der Waals surface area contributed by atoms with Crippen molar-refractivity contribution in [3.63, 3.8) is 0 Å². The quantitative estimate of drug-likeness (QED) is 0.425. The van der Waals surface area contributed by atoms with E-state index in [2.05, 4.69) is 11.4 Å². The molecule has 0 heterocycles. The van der Waals surface area contributed by atoms with Crippen LogP contribution in [0, 0.1) is 34.6 Å². The van der Waals surface area contributed by atoms with Crippen LogP contribution in [0.4, 0.5) is 5.69 Å². The predicted octanol–water partition coefficient (Wildman–Crippen LogP) is 5.00. The van der Waals surface area contributed by atoms with Crippen LogP contribution in [0.25, 0.3) is 0 Å². The van der Waals surface area contributed by atoms with E-state index in [0.717, 1.165) is 33.6 Å². The van der Waals surface area contributed by atoms with Crippen molar-refractivity contribution in [1.29, 1.82) is 0 Å². The number of sulfonamides is 1. The Hall–Kier alpha value is -3.32. The molecule has 0 fully saturated rings. The average Bonchev–Trinajstić information content (AvgIpc) is 2.76. The highest BCUT2D eigenvalue weighted by atomic mass is 32.2. The van der Waals surface area contributed by atoms with E-state index in [1.807, 2.05) is 58.9 Å². The van der Waals surface area contributed by atoms with Crippen molar-refractivity contribution in [1.82, 2.24) is 5.32 Å². The summed E-state index contributed by atoms with van der Waals surface area (Å²) in [4.78, 5) is 12.5. The van der Waals surface area contributed by atoms with E-state index in [-0.39, 0.29) is 12.5 Å². The molecule has 0 saturated carbocycles. The molecular weight excluding hydrogens is 460 g/mol. The fraction of sp³-hybridized carbons (Fsp3) is 0.321. The van der Waals surface area contributed by atoms with Gasteiger partial charge in [-0.3, -0.25) is 9.10 Å². The Bertz CT molecular complexity index is 1290. The van der Waals surface area contributed by atoms with Crippen LogP contribution in [-0.4, -0.2) is 33.7 Å². The van der Waals surface area contributed by atoms with Gasteiger partial charge in [-0.1, -0.05) is 47.5 Å². The highest BCUT2D eigenvalue weighted by Crippen LogP contribution is 2.30. The van der Waals surface area contributed by atoms with Crippen LogP contribution < -0.4 is 14.4 Å². The van der Waals surface area contributed by atoms with Gasteiger partial charge in [0, 0.05) is 5.56 Å². The van der Waals surface area contributed by atoms with Gasteiger partial charge in [0.15, 0.2) is 0 Å². The molecule has 35 heavy (non-hydrogen) atoms. The lowest BCUT2D eigenvalue weighted by Gasteiger charge is -2.26. The van der Waals surface area contributed by atoms with Crippen molar-refractivity contribution in [3.8, 4) is 5.75 Å². The number of amides is 1. The van der Waals surface area contributed by atoms with E-state index in [0.29, 0.717) is 24.4 Å². The van der Waals surface area contributed by atoms with Crippen LogP contribution in [0.5, 0.6) is 5.75 Å². The second-order valence-electron chi connectivity index (χ2n) is 9.09. The number of carbonyl (C=O) groups is 1. The fourth-order valence-corrected chi connectivity index (χ4v) is 5.25. The van der Waals surface area contributed by atoms with Crippen molar-refractivity contribution in [2.45, 2.75) is 41.2 Å². The Balaban J connectivity index is 1.63. The summed E-state index contributed by atoms with van der Waals surface area (Å²) in [5, 5.41) is 2.86. The number of hydrogen-bond acceptors (Lipinski definition) is 4. The maximum atomic E-state index is 12.6. The first-order chi connectivity index (χ1) is 16.5. The standard InChI is InChI=1S/C28H34N2O4S/c1-19-7-12-26(21(3)15-19)34-14-13-29-28(31)25-10-8-24(9-11-25)18-30(35(6,32)33)27-22(4)16-20(2)17-23(27)5/h7-12,15-17H,13-14,18H2,1-6H3,(H,29,31). The van der Waals surface area contributed by atoms with E-state index in [1.165, 1.54) is 16.1 Å². The van der Waals surface area contributed by atoms with Crippen LogP contribution in [0.1, 0.15) is 43.7 Å². The Labute approximate surface area is 209 Å². The van der Waals surface area contributed by atoms with Gasteiger partial charge in [-0.15, -0.1) is 0 Å². The summed E-state index contributed by atoms with van der Waals surface area (Å²) < 4.78 is 32.5. The molecule has 0 atom stereocenters. The summed E-state index contributed by atoms with van der Waals surface area (Å²) >= 11 is 0. The molecule has 6 nitrogen and oxygen atoms in total. The van der Waals surface area contributed by atoms with Gasteiger partial charge in [0.25, 0.3) is 5.91 Å². The molecule has 7 heteroatoms. The van der Waals surface area contributed by atoms with Crippen LogP contribution in [0.2, 0.25) is 0 Å². The van der Waals surface area contributed by atoms with Crippen molar-refractivity contribution >= 4 is 21.6 Å². The Morgan fingerprint density at radius 2 is 1.46 bits per heavy atom. The van der Waals surface area contributed by atoms with Gasteiger partial charge >= 0.3 is 0 Å². The van der Waals surface area contributed by atoms with Crippen LogP contribution in [0.3, 0.4) is 0 Å². The zero-order valence-corrected chi connectivity index (χ0v) is 22.1. The lowest BCUT2D eigenvalue weighted by molar-refractivity contribution is 0.0947. The highest BCUT2D eigenvalue weighted by molar-refractivity contribution is 7.92. The van der Waals surface area contributed by atoms with E-state index in [9.17, 15) is 13.2 Å². The van der Waals surface area contributed by atoms with Crippen LogP contribution >= 0.6 is 0 Å². The van der Waals surface area contributed by atoms with Crippen LogP contribution in [0.15, 0.2) is 54.6 Å². The van der Waals surface area contributed by atoms with Gasteiger partial charge in [-0.25, -0.2) is 8.42 Å². The number of benzene rings is 3. The van der Waals surface area contributed by atoms with E-state index >= 15 is 0 Å². The van der Waals surface area contributed by atoms with E-state index in [4.69, 9.17) is 4.74 Å². The number of rotatable bonds is 9. The molecule has 186 valence electrons. The second kappa shape index (κ2) is 11.0. The van der Waals surface area contributed by atoms with Gasteiger partial charge < -0.3 is 10.1 Å². The summed E-state index contributed by atoms with van der Waals surface area (Å²) in [5.41, 5.74) is 7.15. The summed E-state index contributed by atoms with van der Waals surface area (Å²) in [5.74, 6) is 0.606. The second-order valence-corrected chi connectivity index (χ2v) is 11.0. The Kier molecular flexibility index (Phi) is 8.22. The molecule has 1 N–H and O–H groups in total. The minimum atomic E-state index is -3.50. The first-order valence-corrected chi connectivity index (χ1v) is 13.4. The van der Waals surface area contributed by atoms with Gasteiger partial charge in [0.1, 0.15) is 12.4 Å². The maximum Gasteiger partial charge on any atom is 0.251 e. The van der Waals surface area contributed by atoms with Crippen molar-refractivity contribution < 1.29 is 17.9 Å². The fourth-order valence-electron chi connectivity index (χ4n) is 4.24. The number of ether oxygens (including phenoxy) is 1. The third-order valence-corrected chi connectivity index (χ3v) is 6.92. The number of nitrogens with zero attached hydrogens (tertiary/aromatic N) is 1. The van der Waals surface area contributed by atoms with Crippen LogP contribution in [-0.2, 0) is 16.6 Å². The number of hydrogen-bond donors (Lipinski definition) is 1. The van der Waals surface area contributed by atoms with Gasteiger partial charge in [-0.2, -0.15) is 0 Å². The average molecular weight is 495 g/mol. The SMILES string of the molecule is Cc1ccc(OCCNC(=O)c2ccc(CN(c3c(C)cc(C)cc3C)S(C)(=O)=O)cc2)c(C)c1. The topological polar surface area (TPSA) is 75.7 Å². The van der Waals surface area contributed by atoms with Crippen molar-refractivity contribution in [2.24, 2.45) is 0 Å². The number of carbonyl (C=O) groups excluding carboxylic acids is 1. The smallest absolute Gasteiger partial charge is 0.251 e. The van der Waals surface area contributed by atoms with Crippen molar-refractivity contribution in [2.75, 3.05) is 23.7 Å². The summed E-state index contributed by atoms with van der Waals surface area (Å²) in [6.07, 6.45) is 1.22. The van der Waals surface area contributed by atoms with Gasteiger partial charge in [-0.05, 0) is 75.1 Å². The molecule has 0 aliphatic heterocycles. The maximum absolute atomic E-state index is 12.6. The van der Waals surface area contributed by atoms with E-state index < -0.39 is 10.0 Å². The lowest BCUT2D eigenvalue weighted by atomic mass is 10.0. The van der Waals surface area contributed by atoms with E-state index in [1.54, 1.807) is 24.3 Å². The first kappa shape index (κ1) is 26.3. The summed E-state index contributed by atoms with van der Waals surface area (Å²) in [7, 11) is -3.50. The molecule has 3 aromatic rings. The number of anilines is 1.